The topological polar surface area (TPSA) is 54.3 Å². The minimum atomic E-state index is 0.242. The van der Waals surface area contributed by atoms with E-state index in [1.165, 1.54) is 6.08 Å². The van der Waals surface area contributed by atoms with Gasteiger partial charge in [-0.15, -0.1) is 0 Å². The van der Waals surface area contributed by atoms with Crippen LogP contribution in [0.15, 0.2) is 53.0 Å². The van der Waals surface area contributed by atoms with E-state index in [1.54, 1.807) is 0 Å². The van der Waals surface area contributed by atoms with Crippen LogP contribution in [-0.4, -0.2) is 6.79 Å². The number of anilines is 1. The average Bonchev–Trinajstić information content (AvgIpc) is 2.95. The third-order valence-corrected chi connectivity index (χ3v) is 3.54. The summed E-state index contributed by atoms with van der Waals surface area (Å²) in [5.74, 6) is 1.43. The monoisotopic (exact) mass is 342 g/mol. The van der Waals surface area contributed by atoms with E-state index < -0.39 is 0 Å². The highest BCUT2D eigenvalue weighted by molar-refractivity contribution is 9.10. The largest absolute Gasteiger partial charge is 0.454 e. The molecule has 0 amide bonds. The van der Waals surface area contributed by atoms with Crippen molar-refractivity contribution in [2.75, 3.05) is 12.1 Å². The lowest BCUT2D eigenvalue weighted by Gasteiger charge is -2.11. The summed E-state index contributed by atoms with van der Waals surface area (Å²) in [6.07, 6.45) is 1.48. The first-order valence-electron chi connectivity index (χ1n) is 6.28. The Kier molecular flexibility index (Phi) is 3.80. The minimum absolute atomic E-state index is 0.242. The number of ether oxygens (including phenoxy) is 2. The Morgan fingerprint density at radius 1 is 1.14 bits per heavy atom. The van der Waals surface area contributed by atoms with Gasteiger partial charge >= 0.3 is 0 Å². The van der Waals surface area contributed by atoms with Gasteiger partial charge in [-0.2, -0.15) is 5.26 Å². The van der Waals surface area contributed by atoms with E-state index >= 15 is 0 Å². The number of nitriles is 1. The van der Waals surface area contributed by atoms with Gasteiger partial charge in [-0.25, -0.2) is 0 Å². The average molecular weight is 343 g/mol. The fourth-order valence-electron chi connectivity index (χ4n) is 2.02. The first-order chi connectivity index (χ1) is 10.3. The molecule has 1 aliphatic heterocycles. The second kappa shape index (κ2) is 5.90. The molecule has 0 aliphatic carbocycles. The Morgan fingerprint density at radius 3 is 2.67 bits per heavy atom. The zero-order valence-corrected chi connectivity index (χ0v) is 12.6. The molecule has 5 heteroatoms. The van der Waals surface area contributed by atoms with Gasteiger partial charge in [0.2, 0.25) is 6.79 Å². The van der Waals surface area contributed by atoms with E-state index in [2.05, 4.69) is 27.3 Å². The van der Waals surface area contributed by atoms with Gasteiger partial charge in [-0.05, 0) is 29.8 Å². The first-order valence-corrected chi connectivity index (χ1v) is 7.08. The summed E-state index contributed by atoms with van der Waals surface area (Å²) < 4.78 is 11.6. The van der Waals surface area contributed by atoms with Crippen LogP contribution in [0.2, 0.25) is 0 Å². The molecule has 1 N–H and O–H groups in total. The van der Waals surface area contributed by atoms with Gasteiger partial charge < -0.3 is 14.8 Å². The lowest BCUT2D eigenvalue weighted by atomic mass is 10.1. The summed E-state index contributed by atoms with van der Waals surface area (Å²) in [7, 11) is 0. The second-order valence-corrected chi connectivity index (χ2v) is 5.30. The molecule has 1 heterocycles. The number of allylic oxidation sites excluding steroid dienone is 1. The van der Waals surface area contributed by atoms with Crippen molar-refractivity contribution >= 4 is 27.3 Å². The van der Waals surface area contributed by atoms with Gasteiger partial charge in [0.25, 0.3) is 0 Å². The van der Waals surface area contributed by atoms with Crippen LogP contribution in [0.4, 0.5) is 5.69 Å². The Hall–Kier alpha value is -2.45. The second-order valence-electron chi connectivity index (χ2n) is 4.39. The van der Waals surface area contributed by atoms with Gasteiger partial charge in [0.15, 0.2) is 11.5 Å². The zero-order valence-electron chi connectivity index (χ0n) is 11.0. The normalized spacial score (nSPS) is 12.9. The standard InChI is InChI=1S/C16H11BrN2O2/c17-12-3-1-11(2-4-12)14(7-8-18)19-13-5-6-15-16(9-13)21-10-20-15/h1-7,9,19H,10H2/b14-7+. The number of nitrogens with zero attached hydrogens (tertiary/aromatic N) is 1. The van der Waals surface area contributed by atoms with Crippen LogP contribution in [0.25, 0.3) is 5.70 Å². The molecular weight excluding hydrogens is 332 g/mol. The van der Waals surface area contributed by atoms with Gasteiger partial charge in [-0.1, -0.05) is 28.1 Å². The van der Waals surface area contributed by atoms with Crippen molar-refractivity contribution in [3.63, 3.8) is 0 Å². The molecule has 0 atom stereocenters. The fraction of sp³-hybridized carbons (Fsp3) is 0.0625. The van der Waals surface area contributed by atoms with E-state index in [1.807, 2.05) is 42.5 Å². The molecule has 3 rings (SSSR count). The van der Waals surface area contributed by atoms with E-state index in [0.29, 0.717) is 5.75 Å². The highest BCUT2D eigenvalue weighted by Gasteiger charge is 2.13. The minimum Gasteiger partial charge on any atom is -0.454 e. The highest BCUT2D eigenvalue weighted by atomic mass is 79.9. The summed E-state index contributed by atoms with van der Waals surface area (Å²) >= 11 is 3.40. The maximum atomic E-state index is 8.97. The third kappa shape index (κ3) is 3.01. The predicted molar refractivity (Wildman–Crippen MR) is 83.9 cm³/mol. The molecule has 0 saturated heterocycles. The van der Waals surface area contributed by atoms with E-state index in [4.69, 9.17) is 14.7 Å². The molecule has 0 spiro atoms. The number of nitrogens with one attached hydrogen (secondary N) is 1. The molecule has 2 aromatic rings. The predicted octanol–water partition coefficient (Wildman–Crippen LogP) is 4.15. The number of fused-ring (bicyclic) bond motifs is 1. The number of halogens is 1. The molecule has 0 bridgehead atoms. The quantitative estimate of drug-likeness (QED) is 0.851. The Morgan fingerprint density at radius 2 is 1.90 bits per heavy atom. The molecule has 0 unspecified atom stereocenters. The van der Waals surface area contributed by atoms with Crippen molar-refractivity contribution < 1.29 is 9.47 Å². The summed E-state index contributed by atoms with van der Waals surface area (Å²) in [5.41, 5.74) is 2.49. The lowest BCUT2D eigenvalue weighted by molar-refractivity contribution is 0.174. The molecule has 0 radical (unpaired) electrons. The maximum absolute atomic E-state index is 8.97. The zero-order chi connectivity index (χ0) is 14.7. The number of rotatable bonds is 3. The molecule has 1 aliphatic rings. The van der Waals surface area contributed by atoms with E-state index in [0.717, 1.165) is 27.2 Å². The molecule has 4 nitrogen and oxygen atoms in total. The van der Waals surface area contributed by atoms with Crippen molar-refractivity contribution in [2.45, 2.75) is 0 Å². The van der Waals surface area contributed by atoms with Gasteiger partial charge in [0.05, 0.1) is 11.8 Å². The lowest BCUT2D eigenvalue weighted by Crippen LogP contribution is -1.98. The SMILES string of the molecule is N#C/C=C(/Nc1ccc2c(c1)OCO2)c1ccc(Br)cc1. The van der Waals surface area contributed by atoms with Crippen molar-refractivity contribution in [3.8, 4) is 17.6 Å². The molecule has 0 saturated carbocycles. The van der Waals surface area contributed by atoms with Crippen LogP contribution in [0.5, 0.6) is 11.5 Å². The molecule has 2 aromatic carbocycles. The van der Waals surface area contributed by atoms with E-state index in [9.17, 15) is 0 Å². The number of benzene rings is 2. The smallest absolute Gasteiger partial charge is 0.231 e. The fourth-order valence-corrected chi connectivity index (χ4v) is 2.28. The van der Waals surface area contributed by atoms with Gasteiger partial charge in [0.1, 0.15) is 0 Å². The van der Waals surface area contributed by atoms with Crippen molar-refractivity contribution in [3.05, 3.63) is 58.6 Å². The third-order valence-electron chi connectivity index (χ3n) is 3.02. The summed E-state index contributed by atoms with van der Waals surface area (Å²) in [6, 6.07) is 15.4. The Balaban J connectivity index is 1.88. The Bertz CT molecular complexity index is 733. The van der Waals surface area contributed by atoms with Crippen LogP contribution in [-0.2, 0) is 0 Å². The summed E-state index contributed by atoms with van der Waals surface area (Å²) in [6.45, 7) is 0.242. The molecule has 104 valence electrons. The van der Waals surface area contributed by atoms with Crippen molar-refractivity contribution in [1.29, 1.82) is 5.26 Å². The highest BCUT2D eigenvalue weighted by Crippen LogP contribution is 2.35. The number of hydrogen-bond acceptors (Lipinski definition) is 4. The van der Waals surface area contributed by atoms with Crippen molar-refractivity contribution in [1.82, 2.24) is 0 Å². The van der Waals surface area contributed by atoms with Gasteiger partial charge in [-0.3, -0.25) is 0 Å². The number of hydrogen-bond donors (Lipinski definition) is 1. The molecular formula is C16H11BrN2O2. The summed E-state index contributed by atoms with van der Waals surface area (Å²) in [4.78, 5) is 0. The van der Waals surface area contributed by atoms with Crippen LogP contribution < -0.4 is 14.8 Å². The van der Waals surface area contributed by atoms with E-state index in [-0.39, 0.29) is 6.79 Å². The first kappa shape index (κ1) is 13.5. The molecule has 0 aromatic heterocycles. The van der Waals surface area contributed by atoms with Crippen LogP contribution >= 0.6 is 15.9 Å². The maximum Gasteiger partial charge on any atom is 0.231 e. The van der Waals surface area contributed by atoms with Gasteiger partial charge in [0, 0.05) is 22.3 Å². The van der Waals surface area contributed by atoms with Crippen LogP contribution in [0.3, 0.4) is 0 Å². The Labute approximate surface area is 130 Å². The molecule has 21 heavy (non-hydrogen) atoms. The summed E-state index contributed by atoms with van der Waals surface area (Å²) in [5, 5.41) is 12.2. The van der Waals surface area contributed by atoms with Crippen LogP contribution in [0, 0.1) is 11.3 Å². The van der Waals surface area contributed by atoms with Crippen molar-refractivity contribution in [2.24, 2.45) is 0 Å². The molecule has 0 fully saturated rings. The van der Waals surface area contributed by atoms with Crippen LogP contribution in [0.1, 0.15) is 5.56 Å².